The maximum absolute atomic E-state index is 14.1. The van der Waals surface area contributed by atoms with Crippen LogP contribution < -0.4 is 29.7 Å². The molecule has 0 aliphatic carbocycles. The Morgan fingerprint density at radius 1 is 1.00 bits per heavy atom. The molecule has 0 saturated heterocycles. The van der Waals surface area contributed by atoms with Gasteiger partial charge in [-0.1, -0.05) is 29.4 Å². The van der Waals surface area contributed by atoms with Crippen LogP contribution in [-0.2, 0) is 14.4 Å². The van der Waals surface area contributed by atoms with Crippen LogP contribution >= 0.6 is 0 Å². The van der Waals surface area contributed by atoms with Gasteiger partial charge in [0.05, 0.1) is 26.5 Å². The second kappa shape index (κ2) is 13.7. The lowest BCUT2D eigenvalue weighted by molar-refractivity contribution is -0.128. The van der Waals surface area contributed by atoms with Crippen molar-refractivity contribution in [1.29, 1.82) is 0 Å². The second-order valence-corrected chi connectivity index (χ2v) is 10.3. The first-order chi connectivity index (χ1) is 19.5. The molecule has 220 valence electrons. The summed E-state index contributed by atoms with van der Waals surface area (Å²) in [5.41, 5.74) is 0.146. The van der Waals surface area contributed by atoms with E-state index in [2.05, 4.69) is 15.8 Å². The fourth-order valence-electron chi connectivity index (χ4n) is 4.29. The van der Waals surface area contributed by atoms with Crippen molar-refractivity contribution in [3.05, 3.63) is 59.9 Å². The molecule has 2 aromatic carbocycles. The van der Waals surface area contributed by atoms with E-state index < -0.39 is 29.3 Å². The molecular weight excluding hydrogens is 528 g/mol. The minimum Gasteiger partial charge on any atom is -0.493 e. The molecule has 11 nitrogen and oxygen atoms in total. The first kappa shape index (κ1) is 31.0. The molecule has 0 aliphatic rings. The van der Waals surface area contributed by atoms with Crippen molar-refractivity contribution in [2.45, 2.75) is 59.0 Å². The van der Waals surface area contributed by atoms with Gasteiger partial charge >= 0.3 is 0 Å². The lowest BCUT2D eigenvalue weighted by Crippen LogP contribution is -2.49. The van der Waals surface area contributed by atoms with Gasteiger partial charge in [-0.3, -0.25) is 19.3 Å². The molecule has 3 amide bonds. The van der Waals surface area contributed by atoms with E-state index >= 15 is 0 Å². The fourth-order valence-corrected chi connectivity index (χ4v) is 4.29. The Balaban J connectivity index is 2.12. The molecule has 0 radical (unpaired) electrons. The molecule has 0 saturated carbocycles. The average molecular weight is 567 g/mol. The number of methoxy groups -OCH3 is 2. The average Bonchev–Trinajstić information content (AvgIpc) is 3.33. The van der Waals surface area contributed by atoms with E-state index in [0.29, 0.717) is 40.9 Å². The molecule has 0 unspecified atom stereocenters. The number of carbonyl (C=O) groups excluding carboxylic acids is 3. The van der Waals surface area contributed by atoms with Gasteiger partial charge in [-0.15, -0.1) is 0 Å². The molecule has 0 aliphatic heterocycles. The number of rotatable bonds is 12. The molecule has 1 aromatic heterocycles. The number of para-hydroxylation sites is 3. The summed E-state index contributed by atoms with van der Waals surface area (Å²) in [5, 5.41) is 9.38. The number of aromatic nitrogens is 1. The summed E-state index contributed by atoms with van der Waals surface area (Å²) >= 11 is 0. The molecule has 1 atom stereocenters. The van der Waals surface area contributed by atoms with Crippen LogP contribution in [0.5, 0.6) is 17.2 Å². The standard InChI is InChI=1S/C30H38N4O7/c1-8-40-22-14-10-9-13-21(22)34(26(36)17-16-25(35)31-24-18-19(2)41-33-24)27(29(37)32-30(3,4)5)20-12-11-15-23(38-6)28(20)39-7/h9-15,18,27H,8,16-17H2,1-7H3,(H,32,37)(H,31,33,35)/t27-/m1/s1. The third-order valence-electron chi connectivity index (χ3n) is 5.89. The quantitative estimate of drug-likeness (QED) is 0.319. The van der Waals surface area contributed by atoms with Crippen molar-refractivity contribution in [1.82, 2.24) is 10.5 Å². The molecule has 2 N–H and O–H groups in total. The minimum atomic E-state index is -1.20. The van der Waals surface area contributed by atoms with Crippen molar-refractivity contribution in [3.63, 3.8) is 0 Å². The highest BCUT2D eigenvalue weighted by atomic mass is 16.5. The molecule has 3 aromatic rings. The molecule has 0 fully saturated rings. The zero-order chi connectivity index (χ0) is 30.2. The monoisotopic (exact) mass is 566 g/mol. The number of hydrogen-bond acceptors (Lipinski definition) is 8. The number of nitrogens with one attached hydrogen (secondary N) is 2. The van der Waals surface area contributed by atoms with E-state index in [0.717, 1.165) is 0 Å². The predicted octanol–water partition coefficient (Wildman–Crippen LogP) is 4.81. The number of hydrogen-bond donors (Lipinski definition) is 2. The van der Waals surface area contributed by atoms with Crippen LogP contribution in [0, 0.1) is 6.92 Å². The number of ether oxygens (including phenoxy) is 3. The van der Waals surface area contributed by atoms with Crippen molar-refractivity contribution < 1.29 is 33.1 Å². The molecule has 1 heterocycles. The summed E-state index contributed by atoms with van der Waals surface area (Å²) in [4.78, 5) is 42.2. The second-order valence-electron chi connectivity index (χ2n) is 10.3. The molecule has 3 rings (SSSR count). The van der Waals surface area contributed by atoms with Crippen molar-refractivity contribution in [2.75, 3.05) is 31.0 Å². The third kappa shape index (κ3) is 8.00. The number of aryl methyl sites for hydroxylation is 1. The number of amides is 3. The number of benzene rings is 2. The van der Waals surface area contributed by atoms with Crippen LogP contribution in [0.3, 0.4) is 0 Å². The Bertz CT molecular complexity index is 1360. The summed E-state index contributed by atoms with van der Waals surface area (Å²) in [7, 11) is 2.96. The van der Waals surface area contributed by atoms with Gasteiger partial charge in [-0.05, 0) is 52.8 Å². The van der Waals surface area contributed by atoms with Crippen LogP contribution in [0.4, 0.5) is 11.5 Å². The van der Waals surface area contributed by atoms with Gasteiger partial charge in [0, 0.05) is 30.0 Å². The molecular formula is C30H38N4O7. The number of anilines is 2. The van der Waals surface area contributed by atoms with Gasteiger partial charge in [0.2, 0.25) is 17.7 Å². The molecule has 11 heteroatoms. The SMILES string of the molecule is CCOc1ccccc1N(C(=O)CCC(=O)Nc1cc(C)on1)[C@@H](C(=O)NC(C)(C)C)c1cccc(OC)c1OC. The maximum Gasteiger partial charge on any atom is 0.248 e. The van der Waals surface area contributed by atoms with Crippen molar-refractivity contribution in [2.24, 2.45) is 0 Å². The first-order valence-corrected chi connectivity index (χ1v) is 13.3. The topological polar surface area (TPSA) is 132 Å². The summed E-state index contributed by atoms with van der Waals surface area (Å²) in [6.07, 6.45) is -0.379. The predicted molar refractivity (Wildman–Crippen MR) is 154 cm³/mol. The van der Waals surface area contributed by atoms with Gasteiger partial charge in [-0.2, -0.15) is 0 Å². The normalized spacial score (nSPS) is 11.8. The van der Waals surface area contributed by atoms with Crippen LogP contribution in [0.1, 0.15) is 57.9 Å². The van der Waals surface area contributed by atoms with Gasteiger partial charge in [0.1, 0.15) is 17.6 Å². The lowest BCUT2D eigenvalue weighted by Gasteiger charge is -2.35. The number of nitrogens with zero attached hydrogens (tertiary/aromatic N) is 2. The van der Waals surface area contributed by atoms with Crippen LogP contribution in [0.25, 0.3) is 0 Å². The van der Waals surface area contributed by atoms with E-state index in [1.54, 1.807) is 55.5 Å². The van der Waals surface area contributed by atoms with Crippen molar-refractivity contribution in [3.8, 4) is 17.2 Å². The Labute approximate surface area is 240 Å². The summed E-state index contributed by atoms with van der Waals surface area (Å²) in [6.45, 7) is 9.41. The summed E-state index contributed by atoms with van der Waals surface area (Å²) in [5.74, 6) is 0.521. The minimum absolute atomic E-state index is 0.166. The van der Waals surface area contributed by atoms with E-state index in [-0.39, 0.29) is 18.7 Å². The first-order valence-electron chi connectivity index (χ1n) is 13.3. The zero-order valence-electron chi connectivity index (χ0n) is 24.6. The van der Waals surface area contributed by atoms with Gasteiger partial charge in [0.25, 0.3) is 0 Å². The fraction of sp³-hybridized carbons (Fsp3) is 0.400. The summed E-state index contributed by atoms with van der Waals surface area (Å²) in [6, 6.07) is 12.5. The van der Waals surface area contributed by atoms with E-state index in [1.165, 1.54) is 19.1 Å². The maximum atomic E-state index is 14.1. The Morgan fingerprint density at radius 3 is 2.32 bits per heavy atom. The molecule has 0 bridgehead atoms. The third-order valence-corrected chi connectivity index (χ3v) is 5.89. The highest BCUT2D eigenvalue weighted by Crippen LogP contribution is 2.42. The van der Waals surface area contributed by atoms with Crippen LogP contribution in [0.15, 0.2) is 53.1 Å². The van der Waals surface area contributed by atoms with Crippen LogP contribution in [-0.4, -0.2) is 49.2 Å². The van der Waals surface area contributed by atoms with E-state index in [4.69, 9.17) is 18.7 Å². The zero-order valence-corrected chi connectivity index (χ0v) is 24.6. The Morgan fingerprint density at radius 2 is 1.71 bits per heavy atom. The molecule has 41 heavy (non-hydrogen) atoms. The van der Waals surface area contributed by atoms with Gasteiger partial charge < -0.3 is 29.4 Å². The van der Waals surface area contributed by atoms with Crippen LogP contribution in [0.2, 0.25) is 0 Å². The highest BCUT2D eigenvalue weighted by molar-refractivity contribution is 6.04. The molecule has 0 spiro atoms. The largest absolute Gasteiger partial charge is 0.493 e. The van der Waals surface area contributed by atoms with E-state index in [9.17, 15) is 14.4 Å². The smallest absolute Gasteiger partial charge is 0.248 e. The van der Waals surface area contributed by atoms with Crippen molar-refractivity contribution >= 4 is 29.2 Å². The van der Waals surface area contributed by atoms with E-state index in [1.807, 2.05) is 27.7 Å². The Hall–Kier alpha value is -4.54. The van der Waals surface area contributed by atoms with Gasteiger partial charge in [0.15, 0.2) is 17.3 Å². The summed E-state index contributed by atoms with van der Waals surface area (Å²) < 4.78 is 22.0. The highest BCUT2D eigenvalue weighted by Gasteiger charge is 2.38. The van der Waals surface area contributed by atoms with Gasteiger partial charge in [-0.25, -0.2) is 0 Å². The Kier molecular flexibility index (Phi) is 10.3. The number of carbonyl (C=O) groups is 3. The lowest BCUT2D eigenvalue weighted by atomic mass is 9.98.